The van der Waals surface area contributed by atoms with Crippen molar-refractivity contribution < 1.29 is 9.21 Å². The molecular weight excluding hydrogens is 284 g/mol. The molecule has 0 unspecified atom stereocenters. The molecule has 0 saturated heterocycles. The molecule has 110 valence electrons. The average molecular weight is 302 g/mol. The molecule has 5 heteroatoms. The van der Waals surface area contributed by atoms with Gasteiger partial charge in [-0.25, -0.2) is 4.98 Å². The molecule has 0 spiro atoms. The van der Waals surface area contributed by atoms with Gasteiger partial charge in [0.2, 0.25) is 5.76 Å². The largest absolute Gasteiger partial charge is 0.436 e. The number of oxazole rings is 1. The molecule has 0 N–H and O–H groups in total. The van der Waals surface area contributed by atoms with Crippen molar-refractivity contribution in [2.24, 2.45) is 0 Å². The highest BCUT2D eigenvalue weighted by atomic mass is 32.2. The summed E-state index contributed by atoms with van der Waals surface area (Å²) < 4.78 is 5.50. The van der Waals surface area contributed by atoms with Crippen molar-refractivity contribution >= 4 is 23.4 Å². The first-order chi connectivity index (χ1) is 10.1. The van der Waals surface area contributed by atoms with Crippen LogP contribution in [0.5, 0.6) is 0 Å². The first kappa shape index (κ1) is 14.2. The SMILES string of the molecule is Cc1nc(C)c(C(=O)N2CC[C@H](C)Sc3ccccc32)o1. The fourth-order valence-electron chi connectivity index (χ4n) is 2.55. The Morgan fingerprint density at radius 1 is 1.38 bits per heavy atom. The summed E-state index contributed by atoms with van der Waals surface area (Å²) in [5.41, 5.74) is 1.62. The number of hydrogen-bond donors (Lipinski definition) is 0. The zero-order valence-electron chi connectivity index (χ0n) is 12.4. The number of rotatable bonds is 1. The second kappa shape index (κ2) is 5.56. The van der Waals surface area contributed by atoms with Crippen molar-refractivity contribution in [2.75, 3.05) is 11.4 Å². The number of anilines is 1. The first-order valence-corrected chi connectivity index (χ1v) is 7.96. The predicted molar refractivity (Wildman–Crippen MR) is 84.0 cm³/mol. The summed E-state index contributed by atoms with van der Waals surface area (Å²) in [6, 6.07) is 8.04. The molecule has 0 saturated carbocycles. The van der Waals surface area contributed by atoms with Gasteiger partial charge < -0.3 is 9.32 Å². The molecule has 1 amide bonds. The molecule has 2 aromatic rings. The van der Waals surface area contributed by atoms with Gasteiger partial charge in [-0.15, -0.1) is 11.8 Å². The number of para-hydroxylation sites is 1. The van der Waals surface area contributed by atoms with E-state index in [0.29, 0.717) is 29.1 Å². The van der Waals surface area contributed by atoms with Crippen molar-refractivity contribution in [2.45, 2.75) is 37.3 Å². The fourth-order valence-corrected chi connectivity index (χ4v) is 3.66. The Labute approximate surface area is 128 Å². The molecular formula is C16H18N2O2S. The zero-order valence-corrected chi connectivity index (χ0v) is 13.2. The third-order valence-electron chi connectivity index (χ3n) is 3.59. The molecule has 0 bridgehead atoms. The normalized spacial score (nSPS) is 18.2. The maximum atomic E-state index is 12.8. The van der Waals surface area contributed by atoms with Crippen LogP contribution in [0.2, 0.25) is 0 Å². The van der Waals surface area contributed by atoms with Gasteiger partial charge in [0, 0.05) is 23.6 Å². The number of amides is 1. The van der Waals surface area contributed by atoms with Crippen LogP contribution < -0.4 is 4.90 Å². The monoisotopic (exact) mass is 302 g/mol. The molecule has 3 rings (SSSR count). The van der Waals surface area contributed by atoms with Crippen molar-refractivity contribution in [3.63, 3.8) is 0 Å². The molecule has 1 aliphatic rings. The molecule has 1 aliphatic heterocycles. The van der Waals surface area contributed by atoms with E-state index in [-0.39, 0.29) is 5.91 Å². The lowest BCUT2D eigenvalue weighted by molar-refractivity contribution is 0.0957. The molecule has 4 nitrogen and oxygen atoms in total. The standard InChI is InChI=1S/C16H18N2O2S/c1-10-8-9-18(13-6-4-5-7-14(13)21-10)16(19)15-11(2)17-12(3)20-15/h4-7,10H,8-9H2,1-3H3/t10-/m0/s1. The van der Waals surface area contributed by atoms with Crippen molar-refractivity contribution in [3.05, 3.63) is 41.6 Å². The number of benzene rings is 1. The lowest BCUT2D eigenvalue weighted by Crippen LogP contribution is -2.32. The minimum absolute atomic E-state index is 0.102. The molecule has 1 aromatic heterocycles. The van der Waals surface area contributed by atoms with Crippen LogP contribution in [-0.2, 0) is 0 Å². The summed E-state index contributed by atoms with van der Waals surface area (Å²) in [6.07, 6.45) is 0.956. The smallest absolute Gasteiger partial charge is 0.296 e. The Morgan fingerprint density at radius 3 is 2.86 bits per heavy atom. The highest BCUT2D eigenvalue weighted by Crippen LogP contribution is 2.38. The van der Waals surface area contributed by atoms with Crippen LogP contribution in [0.25, 0.3) is 0 Å². The average Bonchev–Trinajstić information content (AvgIpc) is 2.69. The van der Waals surface area contributed by atoms with Gasteiger partial charge in [-0.1, -0.05) is 19.1 Å². The Kier molecular flexibility index (Phi) is 3.76. The number of aromatic nitrogens is 1. The summed E-state index contributed by atoms with van der Waals surface area (Å²) in [6.45, 7) is 6.46. The topological polar surface area (TPSA) is 46.3 Å². The molecule has 0 aliphatic carbocycles. The van der Waals surface area contributed by atoms with E-state index in [4.69, 9.17) is 4.42 Å². The molecule has 0 radical (unpaired) electrons. The van der Waals surface area contributed by atoms with Gasteiger partial charge in [0.1, 0.15) is 0 Å². The van der Waals surface area contributed by atoms with Crippen molar-refractivity contribution in [3.8, 4) is 0 Å². The zero-order chi connectivity index (χ0) is 15.0. The minimum Gasteiger partial charge on any atom is -0.436 e. The summed E-state index contributed by atoms with van der Waals surface area (Å²) in [7, 11) is 0. The molecule has 1 aromatic carbocycles. The van der Waals surface area contributed by atoms with E-state index >= 15 is 0 Å². The van der Waals surface area contributed by atoms with Crippen LogP contribution in [0.4, 0.5) is 5.69 Å². The van der Waals surface area contributed by atoms with E-state index in [1.165, 1.54) is 0 Å². The van der Waals surface area contributed by atoms with Gasteiger partial charge in [0.15, 0.2) is 5.89 Å². The molecule has 1 atom stereocenters. The molecule has 0 fully saturated rings. The maximum absolute atomic E-state index is 12.8. The Hall–Kier alpha value is -1.75. The Balaban J connectivity index is 2.02. The minimum atomic E-state index is -0.102. The van der Waals surface area contributed by atoms with Crippen LogP contribution in [0.3, 0.4) is 0 Å². The van der Waals surface area contributed by atoms with Gasteiger partial charge in [0.05, 0.1) is 11.4 Å². The second-order valence-corrected chi connectivity index (χ2v) is 6.77. The summed E-state index contributed by atoms with van der Waals surface area (Å²) in [4.78, 5) is 20.0. The summed E-state index contributed by atoms with van der Waals surface area (Å²) >= 11 is 1.82. The highest BCUT2D eigenvalue weighted by Gasteiger charge is 2.28. The van der Waals surface area contributed by atoms with Gasteiger partial charge in [-0.05, 0) is 25.5 Å². The Bertz CT molecular complexity index is 681. The van der Waals surface area contributed by atoms with Gasteiger partial charge in [-0.3, -0.25) is 4.79 Å². The Morgan fingerprint density at radius 2 is 2.14 bits per heavy atom. The number of aryl methyl sites for hydroxylation is 2. The maximum Gasteiger partial charge on any atom is 0.296 e. The van der Waals surface area contributed by atoms with Crippen LogP contribution >= 0.6 is 11.8 Å². The highest BCUT2D eigenvalue weighted by molar-refractivity contribution is 8.00. The number of fused-ring (bicyclic) bond motifs is 1. The van der Waals surface area contributed by atoms with Crippen molar-refractivity contribution in [1.82, 2.24) is 4.98 Å². The third kappa shape index (κ3) is 2.70. The number of carbonyl (C=O) groups excluding carboxylic acids is 1. The van der Waals surface area contributed by atoms with Gasteiger partial charge in [-0.2, -0.15) is 0 Å². The quantitative estimate of drug-likeness (QED) is 0.803. The lowest BCUT2D eigenvalue weighted by atomic mass is 10.2. The van der Waals surface area contributed by atoms with Crippen LogP contribution in [0.1, 0.15) is 35.5 Å². The second-order valence-electron chi connectivity index (χ2n) is 5.29. The van der Waals surface area contributed by atoms with Crippen LogP contribution in [-0.4, -0.2) is 22.7 Å². The number of hydrogen-bond acceptors (Lipinski definition) is 4. The number of nitrogens with zero attached hydrogens (tertiary/aromatic N) is 2. The molecule has 21 heavy (non-hydrogen) atoms. The summed E-state index contributed by atoms with van der Waals surface area (Å²) in [5, 5.41) is 0.488. The number of thioether (sulfide) groups is 1. The van der Waals surface area contributed by atoms with Crippen LogP contribution in [0.15, 0.2) is 33.6 Å². The third-order valence-corrected chi connectivity index (χ3v) is 4.82. The lowest BCUT2D eigenvalue weighted by Gasteiger charge is -2.21. The van der Waals surface area contributed by atoms with Gasteiger partial charge >= 0.3 is 0 Å². The van der Waals surface area contributed by atoms with Crippen molar-refractivity contribution in [1.29, 1.82) is 0 Å². The molecule has 2 heterocycles. The van der Waals surface area contributed by atoms with E-state index in [0.717, 1.165) is 17.0 Å². The van der Waals surface area contributed by atoms with E-state index in [1.807, 2.05) is 41.8 Å². The van der Waals surface area contributed by atoms with Gasteiger partial charge in [0.25, 0.3) is 5.91 Å². The first-order valence-electron chi connectivity index (χ1n) is 7.08. The van der Waals surface area contributed by atoms with Crippen LogP contribution in [0, 0.1) is 13.8 Å². The fraction of sp³-hybridized carbons (Fsp3) is 0.375. The van der Waals surface area contributed by atoms with E-state index < -0.39 is 0 Å². The van der Waals surface area contributed by atoms with E-state index in [2.05, 4.69) is 18.0 Å². The summed E-state index contributed by atoms with van der Waals surface area (Å²) in [5.74, 6) is 0.777. The van der Waals surface area contributed by atoms with E-state index in [9.17, 15) is 4.79 Å². The number of carbonyl (C=O) groups is 1. The van der Waals surface area contributed by atoms with E-state index in [1.54, 1.807) is 6.92 Å². The predicted octanol–water partition coefficient (Wildman–Crippen LogP) is 3.82.